The van der Waals surface area contributed by atoms with Crippen LogP contribution in [-0.4, -0.2) is 69.7 Å². The van der Waals surface area contributed by atoms with Crippen LogP contribution in [0.3, 0.4) is 0 Å². The molecule has 4 aromatic rings. The number of esters is 1. The normalized spacial score (nSPS) is 11.5. The van der Waals surface area contributed by atoms with Gasteiger partial charge in [0.05, 0.1) is 23.6 Å². The number of aromatic amines is 1. The minimum atomic E-state index is -0.565. The quantitative estimate of drug-likeness (QED) is 0.252. The van der Waals surface area contributed by atoms with Gasteiger partial charge in [-0.3, -0.25) is 4.98 Å². The van der Waals surface area contributed by atoms with Crippen LogP contribution in [0.15, 0.2) is 36.5 Å². The molecule has 0 spiro atoms. The molecule has 0 aliphatic heterocycles. The van der Waals surface area contributed by atoms with E-state index in [0.717, 1.165) is 5.56 Å². The smallest absolute Gasteiger partial charge is 0.410 e. The predicted molar refractivity (Wildman–Crippen MR) is 142 cm³/mol. The Labute approximate surface area is 219 Å². The zero-order chi connectivity index (χ0) is 27.4. The van der Waals surface area contributed by atoms with Gasteiger partial charge in [-0.2, -0.15) is 0 Å². The highest BCUT2D eigenvalue weighted by atomic mass is 19.1. The van der Waals surface area contributed by atoms with Crippen molar-refractivity contribution in [1.82, 2.24) is 24.8 Å². The molecule has 0 saturated heterocycles. The first-order chi connectivity index (χ1) is 18.0. The molecule has 0 bridgehead atoms. The van der Waals surface area contributed by atoms with Crippen LogP contribution in [0, 0.1) is 5.82 Å². The minimum absolute atomic E-state index is 0.305. The molecule has 3 heterocycles. The van der Waals surface area contributed by atoms with Crippen LogP contribution in [-0.2, 0) is 15.9 Å². The fraction of sp³-hybridized carbons (Fsp3) is 0.370. The molecule has 1 aromatic carbocycles. The molecule has 4 rings (SSSR count). The predicted octanol–water partition coefficient (Wildman–Crippen LogP) is 4.69. The van der Waals surface area contributed by atoms with Crippen LogP contribution >= 0.6 is 0 Å². The fourth-order valence-electron chi connectivity index (χ4n) is 3.93. The average molecular weight is 523 g/mol. The van der Waals surface area contributed by atoms with E-state index in [1.54, 1.807) is 19.2 Å². The molecule has 10 nitrogen and oxygen atoms in total. The number of hydrogen-bond acceptors (Lipinski definition) is 8. The summed E-state index contributed by atoms with van der Waals surface area (Å²) in [6.45, 7) is 6.45. The van der Waals surface area contributed by atoms with Crippen molar-refractivity contribution < 1.29 is 23.5 Å². The molecule has 0 aliphatic carbocycles. The number of fused-ring (bicyclic) bond motifs is 3. The number of anilines is 1. The van der Waals surface area contributed by atoms with E-state index < -0.39 is 11.6 Å². The van der Waals surface area contributed by atoms with Crippen LogP contribution in [0.1, 0.15) is 48.9 Å². The van der Waals surface area contributed by atoms with E-state index in [-0.39, 0.29) is 11.9 Å². The lowest BCUT2D eigenvalue weighted by Crippen LogP contribution is -2.35. The van der Waals surface area contributed by atoms with Crippen LogP contribution in [0.4, 0.5) is 15.0 Å². The molecule has 0 atom stereocenters. The van der Waals surface area contributed by atoms with Crippen molar-refractivity contribution in [3.05, 3.63) is 59.3 Å². The number of halogens is 1. The number of ether oxygens (including phenoxy) is 2. The maximum atomic E-state index is 13.8. The summed E-state index contributed by atoms with van der Waals surface area (Å²) in [6, 6.07) is 7.94. The zero-order valence-electron chi connectivity index (χ0n) is 22.1. The van der Waals surface area contributed by atoms with Crippen molar-refractivity contribution in [1.29, 1.82) is 0 Å². The molecule has 1 amide bonds. The highest BCUT2D eigenvalue weighted by Crippen LogP contribution is 2.29. The SMILES string of the molecule is COC(=O)c1cnc2c(c1)[nH]c1nc(Cc3cccc(F)c3)nc(NCCCN(C)C(=O)OC(C)(C)C)c12. The third-order valence-corrected chi connectivity index (χ3v) is 5.67. The molecule has 3 aromatic heterocycles. The van der Waals surface area contributed by atoms with Crippen molar-refractivity contribution in [3.8, 4) is 0 Å². The van der Waals surface area contributed by atoms with E-state index in [1.807, 2.05) is 26.8 Å². The Bertz CT molecular complexity index is 1480. The van der Waals surface area contributed by atoms with E-state index in [2.05, 4.69) is 20.3 Å². The summed E-state index contributed by atoms with van der Waals surface area (Å²) in [4.78, 5) is 42.8. The van der Waals surface area contributed by atoms with E-state index in [0.29, 0.717) is 65.2 Å². The Morgan fingerprint density at radius 3 is 2.68 bits per heavy atom. The van der Waals surface area contributed by atoms with Gasteiger partial charge in [-0.25, -0.2) is 23.9 Å². The summed E-state index contributed by atoms with van der Waals surface area (Å²) in [7, 11) is 3.00. The Hall–Kier alpha value is -4.28. The number of carbonyl (C=O) groups excluding carboxylic acids is 2. The first-order valence-electron chi connectivity index (χ1n) is 12.2. The second kappa shape index (κ2) is 11.0. The third kappa shape index (κ3) is 6.34. The lowest BCUT2D eigenvalue weighted by molar-refractivity contribution is 0.0298. The van der Waals surface area contributed by atoms with Gasteiger partial charge in [0.1, 0.15) is 34.2 Å². The van der Waals surface area contributed by atoms with E-state index in [9.17, 15) is 14.0 Å². The Kier molecular flexibility index (Phi) is 7.75. The van der Waals surface area contributed by atoms with Crippen molar-refractivity contribution in [3.63, 3.8) is 0 Å². The van der Waals surface area contributed by atoms with Gasteiger partial charge in [-0.05, 0) is 51.0 Å². The summed E-state index contributed by atoms with van der Waals surface area (Å²) in [5, 5.41) is 4.01. The topological polar surface area (TPSA) is 122 Å². The van der Waals surface area contributed by atoms with Crippen LogP contribution in [0.2, 0.25) is 0 Å². The molecule has 0 saturated carbocycles. The number of aromatic nitrogens is 4. The maximum Gasteiger partial charge on any atom is 0.410 e. The Morgan fingerprint density at radius 2 is 1.97 bits per heavy atom. The molecular weight excluding hydrogens is 491 g/mol. The summed E-state index contributed by atoms with van der Waals surface area (Å²) in [5.41, 5.74) is 2.20. The molecular formula is C27H31FN6O4. The summed E-state index contributed by atoms with van der Waals surface area (Å²) < 4.78 is 24.0. The van der Waals surface area contributed by atoms with Crippen molar-refractivity contribution >= 4 is 39.9 Å². The lowest BCUT2D eigenvalue weighted by Gasteiger charge is -2.24. The standard InChI is InChI=1S/C27H31FN6O4/c1-27(2,3)38-26(36)34(4)11-7-10-29-23-21-22-19(14-17(15-30-22)25(35)37-5)31-24(21)33-20(32-23)13-16-8-6-9-18(28)12-16/h6,8-9,12,14-15H,7,10-11,13H2,1-5H3,(H2,29,31,32,33). The van der Waals surface area contributed by atoms with Crippen LogP contribution in [0.25, 0.3) is 22.1 Å². The molecule has 0 radical (unpaired) electrons. The molecule has 200 valence electrons. The number of H-pyrrole nitrogens is 1. The Morgan fingerprint density at radius 1 is 1.18 bits per heavy atom. The molecule has 0 aliphatic rings. The minimum Gasteiger partial charge on any atom is -0.465 e. The molecule has 0 unspecified atom stereocenters. The maximum absolute atomic E-state index is 13.8. The van der Waals surface area contributed by atoms with Gasteiger partial charge < -0.3 is 24.7 Å². The van der Waals surface area contributed by atoms with Gasteiger partial charge in [-0.1, -0.05) is 12.1 Å². The van der Waals surface area contributed by atoms with Gasteiger partial charge in [0.25, 0.3) is 0 Å². The highest BCUT2D eigenvalue weighted by molar-refractivity contribution is 6.10. The molecule has 0 fully saturated rings. The second-order valence-corrected chi connectivity index (χ2v) is 9.94. The number of nitrogens with one attached hydrogen (secondary N) is 2. The van der Waals surface area contributed by atoms with Gasteiger partial charge in [-0.15, -0.1) is 0 Å². The van der Waals surface area contributed by atoms with Crippen molar-refractivity contribution in [2.75, 3.05) is 32.6 Å². The average Bonchev–Trinajstić information content (AvgIpc) is 3.22. The summed E-state index contributed by atoms with van der Waals surface area (Å²) >= 11 is 0. The number of methoxy groups -OCH3 is 1. The van der Waals surface area contributed by atoms with Gasteiger partial charge >= 0.3 is 12.1 Å². The largest absolute Gasteiger partial charge is 0.465 e. The Balaban J connectivity index is 1.61. The highest BCUT2D eigenvalue weighted by Gasteiger charge is 2.20. The van der Waals surface area contributed by atoms with Crippen LogP contribution in [0.5, 0.6) is 0 Å². The number of pyridine rings is 1. The number of amides is 1. The fourth-order valence-corrected chi connectivity index (χ4v) is 3.93. The summed E-state index contributed by atoms with van der Waals surface area (Å²) in [6.07, 6.45) is 2.01. The summed E-state index contributed by atoms with van der Waals surface area (Å²) in [5.74, 6) is 0.201. The first-order valence-corrected chi connectivity index (χ1v) is 12.2. The number of carbonyl (C=O) groups is 2. The van der Waals surface area contributed by atoms with Gasteiger partial charge in [0.15, 0.2) is 0 Å². The molecule has 38 heavy (non-hydrogen) atoms. The monoisotopic (exact) mass is 522 g/mol. The van der Waals surface area contributed by atoms with Gasteiger partial charge in [0.2, 0.25) is 0 Å². The van der Waals surface area contributed by atoms with Crippen LogP contribution < -0.4 is 5.32 Å². The lowest BCUT2D eigenvalue weighted by atomic mass is 10.1. The second-order valence-electron chi connectivity index (χ2n) is 9.94. The molecule has 11 heteroatoms. The van der Waals surface area contributed by atoms with Crippen molar-refractivity contribution in [2.45, 2.75) is 39.2 Å². The van der Waals surface area contributed by atoms with Crippen molar-refractivity contribution in [2.24, 2.45) is 0 Å². The third-order valence-electron chi connectivity index (χ3n) is 5.67. The number of benzene rings is 1. The number of nitrogens with zero attached hydrogens (tertiary/aromatic N) is 4. The number of rotatable bonds is 8. The van der Waals surface area contributed by atoms with E-state index in [4.69, 9.17) is 14.5 Å². The first kappa shape index (κ1) is 26.8. The molecule has 2 N–H and O–H groups in total. The van der Waals surface area contributed by atoms with Gasteiger partial charge in [0, 0.05) is 32.8 Å². The zero-order valence-corrected chi connectivity index (χ0v) is 22.1. The van der Waals surface area contributed by atoms with E-state index >= 15 is 0 Å². The van der Waals surface area contributed by atoms with E-state index in [1.165, 1.54) is 30.3 Å². The number of hydrogen-bond donors (Lipinski definition) is 2.